The maximum absolute atomic E-state index is 12.0. The van der Waals surface area contributed by atoms with Crippen molar-refractivity contribution >= 4 is 22.4 Å². The van der Waals surface area contributed by atoms with Crippen molar-refractivity contribution in [1.82, 2.24) is 0 Å². The number of esters is 1. The largest absolute Gasteiger partial charge is 0.479 e. The van der Waals surface area contributed by atoms with Gasteiger partial charge in [0, 0.05) is 23.7 Å². The Hall–Kier alpha value is -3.01. The molecule has 3 aromatic carbocycles. The fourth-order valence-corrected chi connectivity index (χ4v) is 5.14. The van der Waals surface area contributed by atoms with Gasteiger partial charge in [-0.1, -0.05) is 55.5 Å². The van der Waals surface area contributed by atoms with Crippen LogP contribution in [0.25, 0.3) is 10.8 Å². The smallest absolute Gasteiger partial charge is 0.347 e. The zero-order valence-electron chi connectivity index (χ0n) is 20.0. The van der Waals surface area contributed by atoms with Crippen molar-refractivity contribution in [3.63, 3.8) is 0 Å². The van der Waals surface area contributed by atoms with E-state index in [1.54, 1.807) is 0 Å². The fourth-order valence-electron chi connectivity index (χ4n) is 5.14. The van der Waals surface area contributed by atoms with E-state index < -0.39 is 6.10 Å². The van der Waals surface area contributed by atoms with E-state index in [4.69, 9.17) is 9.47 Å². The number of carbonyl (C=O) groups excluding carboxylic acids is 1. The highest BCUT2D eigenvalue weighted by atomic mass is 16.6. The molecule has 0 N–H and O–H groups in total. The molecule has 0 heterocycles. The van der Waals surface area contributed by atoms with Gasteiger partial charge in [0.2, 0.25) is 0 Å². The molecule has 3 atom stereocenters. The molecule has 1 saturated carbocycles. The van der Waals surface area contributed by atoms with Crippen LogP contribution < -0.4 is 9.64 Å². The summed E-state index contributed by atoms with van der Waals surface area (Å²) in [5.41, 5.74) is 2.69. The van der Waals surface area contributed by atoms with Gasteiger partial charge < -0.3 is 14.4 Å². The maximum Gasteiger partial charge on any atom is 0.347 e. The van der Waals surface area contributed by atoms with Crippen molar-refractivity contribution < 1.29 is 14.3 Å². The van der Waals surface area contributed by atoms with Crippen LogP contribution in [0.2, 0.25) is 0 Å². The van der Waals surface area contributed by atoms with E-state index in [1.165, 1.54) is 34.9 Å². The third-order valence-corrected chi connectivity index (χ3v) is 6.81. The summed E-state index contributed by atoms with van der Waals surface area (Å²) in [6.07, 6.45) is 3.57. The second-order valence-corrected chi connectivity index (χ2v) is 8.78. The molecule has 0 spiro atoms. The Kier molecular flexibility index (Phi) is 7.54. The van der Waals surface area contributed by atoms with Crippen molar-refractivity contribution in [3.8, 4) is 5.75 Å². The van der Waals surface area contributed by atoms with Crippen LogP contribution in [-0.4, -0.2) is 31.3 Å². The van der Waals surface area contributed by atoms with Gasteiger partial charge >= 0.3 is 5.97 Å². The Morgan fingerprint density at radius 2 is 1.73 bits per heavy atom. The average Bonchev–Trinajstić information content (AvgIpc) is 3.33. The van der Waals surface area contributed by atoms with E-state index in [1.807, 2.05) is 26.0 Å². The number of hydrogen-bond acceptors (Lipinski definition) is 4. The predicted octanol–water partition coefficient (Wildman–Crippen LogP) is 6.72. The second-order valence-electron chi connectivity index (χ2n) is 8.78. The minimum Gasteiger partial charge on any atom is -0.479 e. The van der Waals surface area contributed by atoms with Crippen LogP contribution in [0, 0.1) is 0 Å². The third kappa shape index (κ3) is 5.16. The van der Waals surface area contributed by atoms with Gasteiger partial charge in [0.15, 0.2) is 6.10 Å². The summed E-state index contributed by atoms with van der Waals surface area (Å²) in [5, 5.41) is 2.63. The van der Waals surface area contributed by atoms with Crippen LogP contribution in [0.15, 0.2) is 66.7 Å². The quantitative estimate of drug-likeness (QED) is 0.343. The number of benzene rings is 3. The highest BCUT2D eigenvalue weighted by molar-refractivity contribution is 5.94. The van der Waals surface area contributed by atoms with Crippen LogP contribution in [0.4, 0.5) is 5.69 Å². The Morgan fingerprint density at radius 1 is 0.970 bits per heavy atom. The van der Waals surface area contributed by atoms with Gasteiger partial charge in [-0.2, -0.15) is 0 Å². The topological polar surface area (TPSA) is 38.8 Å². The highest BCUT2D eigenvalue weighted by Crippen LogP contribution is 2.40. The first-order valence-electron chi connectivity index (χ1n) is 12.3. The Labute approximate surface area is 197 Å². The minimum absolute atomic E-state index is 0.296. The van der Waals surface area contributed by atoms with Gasteiger partial charge in [-0.3, -0.25) is 0 Å². The summed E-state index contributed by atoms with van der Waals surface area (Å²) in [6.45, 7) is 7.38. The summed E-state index contributed by atoms with van der Waals surface area (Å²) < 4.78 is 11.0. The molecule has 1 aliphatic carbocycles. The lowest BCUT2D eigenvalue weighted by molar-refractivity contribution is -0.151. The van der Waals surface area contributed by atoms with Gasteiger partial charge in [-0.05, 0) is 74.6 Å². The molecule has 3 aromatic rings. The van der Waals surface area contributed by atoms with Crippen molar-refractivity contribution in [3.05, 3.63) is 72.3 Å². The standard InChI is InChI=1S/C29H35NO3/c1-4-28(29(31)32-6-3)33-25-18-15-21(16-19-25)23-14-17-24(20-23)30(5-2)27-13-9-11-22-10-7-8-12-26(22)27/h7-13,15-16,18-19,23-24,28H,4-6,14,17,20H2,1-3H3. The lowest BCUT2D eigenvalue weighted by Crippen LogP contribution is -2.33. The Balaban J connectivity index is 1.44. The molecule has 4 heteroatoms. The highest BCUT2D eigenvalue weighted by Gasteiger charge is 2.30. The number of nitrogens with zero attached hydrogens (tertiary/aromatic N) is 1. The number of carbonyl (C=O) groups is 1. The molecule has 1 aliphatic rings. The molecule has 0 amide bonds. The van der Waals surface area contributed by atoms with Crippen molar-refractivity contribution in [1.29, 1.82) is 0 Å². The van der Waals surface area contributed by atoms with Gasteiger partial charge in [0.1, 0.15) is 5.75 Å². The van der Waals surface area contributed by atoms with Gasteiger partial charge in [-0.15, -0.1) is 0 Å². The minimum atomic E-state index is -0.550. The zero-order valence-corrected chi connectivity index (χ0v) is 20.0. The van der Waals surface area contributed by atoms with Crippen molar-refractivity contribution in [2.75, 3.05) is 18.1 Å². The third-order valence-electron chi connectivity index (χ3n) is 6.81. The van der Waals surface area contributed by atoms with Crippen LogP contribution in [0.3, 0.4) is 0 Å². The second kappa shape index (κ2) is 10.7. The normalized spacial score (nSPS) is 18.8. The monoisotopic (exact) mass is 445 g/mol. The molecule has 3 unspecified atom stereocenters. The van der Waals surface area contributed by atoms with Crippen LogP contribution in [0.1, 0.15) is 57.9 Å². The maximum atomic E-state index is 12.0. The van der Waals surface area contributed by atoms with E-state index in [0.717, 1.165) is 18.7 Å². The summed E-state index contributed by atoms with van der Waals surface area (Å²) in [5.74, 6) is 0.968. The molecular formula is C29H35NO3. The predicted molar refractivity (Wildman–Crippen MR) is 135 cm³/mol. The Bertz CT molecular complexity index is 1060. The molecule has 174 valence electrons. The molecule has 0 saturated heterocycles. The van der Waals surface area contributed by atoms with E-state index in [9.17, 15) is 4.79 Å². The molecule has 0 aromatic heterocycles. The van der Waals surface area contributed by atoms with E-state index >= 15 is 0 Å². The number of anilines is 1. The number of fused-ring (bicyclic) bond motifs is 1. The fraction of sp³-hybridized carbons (Fsp3) is 0.414. The molecule has 0 aliphatic heterocycles. The van der Waals surface area contributed by atoms with Gasteiger partial charge in [0.25, 0.3) is 0 Å². The van der Waals surface area contributed by atoms with Crippen LogP contribution in [0.5, 0.6) is 5.75 Å². The first-order valence-corrected chi connectivity index (χ1v) is 12.3. The molecule has 4 nitrogen and oxygen atoms in total. The number of ether oxygens (including phenoxy) is 2. The molecule has 0 bridgehead atoms. The Morgan fingerprint density at radius 3 is 2.45 bits per heavy atom. The first-order chi connectivity index (χ1) is 16.1. The SMILES string of the molecule is CCOC(=O)C(CC)Oc1ccc(C2CCC(N(CC)c3cccc4ccccc34)C2)cc1. The lowest BCUT2D eigenvalue weighted by Gasteiger charge is -2.31. The van der Waals surface area contributed by atoms with E-state index in [2.05, 4.69) is 66.4 Å². The average molecular weight is 446 g/mol. The lowest BCUT2D eigenvalue weighted by atomic mass is 9.97. The summed E-state index contributed by atoms with van der Waals surface area (Å²) in [6, 6.07) is 24.1. The van der Waals surface area contributed by atoms with E-state index in [0.29, 0.717) is 25.0 Å². The molecule has 33 heavy (non-hydrogen) atoms. The van der Waals surface area contributed by atoms with Crippen molar-refractivity contribution in [2.24, 2.45) is 0 Å². The first kappa shape index (κ1) is 23.2. The van der Waals surface area contributed by atoms with Crippen LogP contribution >= 0.6 is 0 Å². The van der Waals surface area contributed by atoms with E-state index in [-0.39, 0.29) is 5.97 Å². The van der Waals surface area contributed by atoms with Gasteiger partial charge in [0.05, 0.1) is 6.61 Å². The molecule has 0 radical (unpaired) electrons. The van der Waals surface area contributed by atoms with Gasteiger partial charge in [-0.25, -0.2) is 4.79 Å². The molecule has 1 fully saturated rings. The zero-order chi connectivity index (χ0) is 23.2. The summed E-state index contributed by atoms with van der Waals surface area (Å²) >= 11 is 0. The van der Waals surface area contributed by atoms with Crippen LogP contribution in [-0.2, 0) is 9.53 Å². The molecular weight excluding hydrogens is 410 g/mol. The summed E-state index contributed by atoms with van der Waals surface area (Å²) in [7, 11) is 0. The number of rotatable bonds is 9. The van der Waals surface area contributed by atoms with Crippen molar-refractivity contribution in [2.45, 2.75) is 64.5 Å². The molecule has 4 rings (SSSR count). The summed E-state index contributed by atoms with van der Waals surface area (Å²) in [4.78, 5) is 14.6. The number of hydrogen-bond donors (Lipinski definition) is 0.